The number of carbonyl (C=O) groups is 1. The summed E-state index contributed by atoms with van der Waals surface area (Å²) in [6.45, 7) is 4.23. The molecule has 0 aliphatic heterocycles. The molecule has 0 amide bonds. The van der Waals surface area contributed by atoms with Gasteiger partial charge in [0.15, 0.2) is 0 Å². The normalized spacial score (nSPS) is 13.8. The number of hydrogen-bond acceptors (Lipinski definition) is 2. The van der Waals surface area contributed by atoms with E-state index in [9.17, 15) is 4.79 Å². The van der Waals surface area contributed by atoms with Gasteiger partial charge in [0, 0.05) is 0 Å². The summed E-state index contributed by atoms with van der Waals surface area (Å²) in [4.78, 5) is 11.7. The molecule has 0 radical (unpaired) electrons. The summed E-state index contributed by atoms with van der Waals surface area (Å²) in [6, 6.07) is 0. The first-order chi connectivity index (χ1) is 6.40. The summed E-state index contributed by atoms with van der Waals surface area (Å²) >= 11 is -2.49. The summed E-state index contributed by atoms with van der Waals surface area (Å²) in [5, 5.41) is 0. The van der Waals surface area contributed by atoms with E-state index >= 15 is 0 Å². The second-order valence-corrected chi connectivity index (χ2v) is 22.0. The van der Waals surface area contributed by atoms with E-state index in [0.717, 1.165) is 25.7 Å². The summed E-state index contributed by atoms with van der Waals surface area (Å²) < 4.78 is 12.0. The summed E-state index contributed by atoms with van der Waals surface area (Å²) in [5.41, 5.74) is 0. The quantitative estimate of drug-likeness (QED) is 0.643. The van der Waals surface area contributed by atoms with E-state index in [1.807, 2.05) is 0 Å². The third-order valence-electron chi connectivity index (χ3n) is 2.14. The molecule has 0 aliphatic rings. The van der Waals surface area contributed by atoms with Crippen molar-refractivity contribution in [3.05, 3.63) is 0 Å². The fraction of sp³-hybridized carbons (Fsp3) is 0.909. The Morgan fingerprint density at radius 1 is 1.29 bits per heavy atom. The molecule has 0 N–H and O–H groups in total. The Balaban J connectivity index is 4.04. The Morgan fingerprint density at radius 2 is 1.86 bits per heavy atom. The van der Waals surface area contributed by atoms with Crippen LogP contribution in [0.2, 0.25) is 13.4 Å². The molecule has 0 aliphatic carbocycles. The molecule has 0 aromatic heterocycles. The van der Waals surface area contributed by atoms with Gasteiger partial charge in [0.2, 0.25) is 0 Å². The van der Waals surface area contributed by atoms with Crippen LogP contribution in [0.1, 0.15) is 39.5 Å². The van der Waals surface area contributed by atoms with E-state index in [0.29, 0.717) is 0 Å². The van der Waals surface area contributed by atoms with Crippen LogP contribution in [0.3, 0.4) is 0 Å². The average molecular weight is 396 g/mol. The minimum atomic E-state index is -2.49. The second kappa shape index (κ2) is 6.80. The predicted octanol–water partition coefficient (Wildman–Crippen LogP) is 3.58. The third-order valence-corrected chi connectivity index (χ3v) is 5.30. The van der Waals surface area contributed by atoms with Crippen LogP contribution in [-0.4, -0.2) is 27.6 Å². The molecule has 0 heterocycles. The van der Waals surface area contributed by atoms with Crippen molar-refractivity contribution in [3.8, 4) is 0 Å². The van der Waals surface area contributed by atoms with Crippen molar-refractivity contribution in [1.82, 2.24) is 0 Å². The van der Waals surface area contributed by atoms with Crippen LogP contribution >= 0.6 is 0 Å². The van der Waals surface area contributed by atoms with Crippen LogP contribution in [0.15, 0.2) is 0 Å². The van der Waals surface area contributed by atoms with Gasteiger partial charge in [-0.15, -0.1) is 0 Å². The standard InChI is InChI=1S/C8H16O2.3CH3.Pb/c1-3-5-6-7(4-2)8(9)10;;;;/h7H,3-6H2,1-2H3,(H,9,10);3*1H3;/q;;;;+1/p-1. The van der Waals surface area contributed by atoms with E-state index in [1.165, 1.54) is 0 Å². The van der Waals surface area contributed by atoms with Gasteiger partial charge in [-0.1, -0.05) is 0 Å². The Hall–Kier alpha value is 0.392. The molecule has 3 heteroatoms. The zero-order valence-corrected chi connectivity index (χ0v) is 14.1. The van der Waals surface area contributed by atoms with Gasteiger partial charge < -0.3 is 0 Å². The van der Waals surface area contributed by atoms with Crippen LogP contribution in [0.5, 0.6) is 0 Å². The molecule has 2 nitrogen and oxygen atoms in total. The van der Waals surface area contributed by atoms with Crippen molar-refractivity contribution in [2.75, 3.05) is 0 Å². The van der Waals surface area contributed by atoms with Crippen LogP contribution in [0, 0.1) is 5.92 Å². The Bertz CT molecular complexity index is 173. The van der Waals surface area contributed by atoms with Crippen molar-refractivity contribution in [2.24, 2.45) is 5.92 Å². The van der Waals surface area contributed by atoms with Crippen molar-refractivity contribution in [2.45, 2.75) is 53.0 Å². The minimum absolute atomic E-state index is 0.0649. The molecule has 0 aromatic rings. The van der Waals surface area contributed by atoms with Crippen LogP contribution in [-0.2, 0) is 7.48 Å². The van der Waals surface area contributed by atoms with Crippen LogP contribution < -0.4 is 0 Å². The van der Waals surface area contributed by atoms with Gasteiger partial charge in [0.25, 0.3) is 0 Å². The van der Waals surface area contributed by atoms with Crippen LogP contribution in [0.25, 0.3) is 0 Å². The van der Waals surface area contributed by atoms with Crippen molar-refractivity contribution in [1.29, 1.82) is 0 Å². The van der Waals surface area contributed by atoms with E-state index in [-0.39, 0.29) is 11.9 Å². The molecule has 14 heavy (non-hydrogen) atoms. The molecule has 1 atom stereocenters. The van der Waals surface area contributed by atoms with Gasteiger partial charge in [-0.25, -0.2) is 0 Å². The Kier molecular flexibility index (Phi) is 6.99. The zero-order valence-electron chi connectivity index (χ0n) is 10.2. The van der Waals surface area contributed by atoms with Gasteiger partial charge in [0.05, 0.1) is 0 Å². The zero-order chi connectivity index (χ0) is 11.2. The molecule has 0 saturated heterocycles. The molecule has 0 rings (SSSR count). The fourth-order valence-electron chi connectivity index (χ4n) is 1.32. The van der Waals surface area contributed by atoms with Gasteiger partial charge >= 0.3 is 94.0 Å². The molecule has 0 aromatic carbocycles. The molecule has 0 bridgehead atoms. The van der Waals surface area contributed by atoms with Crippen molar-refractivity contribution >= 4 is 27.6 Å². The molecule has 1 unspecified atom stereocenters. The van der Waals surface area contributed by atoms with E-state index in [1.54, 1.807) is 0 Å². The van der Waals surface area contributed by atoms with Crippen molar-refractivity contribution in [3.63, 3.8) is 0 Å². The number of rotatable bonds is 6. The topological polar surface area (TPSA) is 26.3 Å². The first kappa shape index (κ1) is 14.4. The van der Waals surface area contributed by atoms with E-state index in [4.69, 9.17) is 2.69 Å². The van der Waals surface area contributed by atoms with Gasteiger partial charge in [-0.2, -0.15) is 0 Å². The maximum atomic E-state index is 11.7. The van der Waals surface area contributed by atoms with E-state index in [2.05, 4.69) is 27.3 Å². The molecule has 0 saturated carbocycles. The third kappa shape index (κ3) is 6.79. The Morgan fingerprint density at radius 3 is 2.21 bits per heavy atom. The predicted molar refractivity (Wildman–Crippen MR) is 62.7 cm³/mol. The summed E-state index contributed by atoms with van der Waals surface area (Å²) in [7, 11) is 0. The van der Waals surface area contributed by atoms with Crippen molar-refractivity contribution < 1.29 is 7.48 Å². The number of carbonyl (C=O) groups excluding carboxylic acids is 1. The second-order valence-electron chi connectivity index (χ2n) is 4.78. The first-order valence-corrected chi connectivity index (χ1v) is 18.9. The van der Waals surface area contributed by atoms with E-state index < -0.39 is 21.6 Å². The molecular weight excluding hydrogens is 371 g/mol. The van der Waals surface area contributed by atoms with Crippen LogP contribution in [0.4, 0.5) is 0 Å². The molecule has 0 spiro atoms. The van der Waals surface area contributed by atoms with Gasteiger partial charge in [0.1, 0.15) is 0 Å². The number of hydrogen-bond donors (Lipinski definition) is 0. The number of unbranched alkanes of at least 4 members (excludes halogenated alkanes) is 1. The summed E-state index contributed by atoms with van der Waals surface area (Å²) in [6.07, 6.45) is 4.21. The van der Waals surface area contributed by atoms with Gasteiger partial charge in [-0.3, -0.25) is 0 Å². The first-order valence-electron chi connectivity index (χ1n) is 5.63. The Labute approximate surface area is 93.7 Å². The molecule has 0 fully saturated rings. The molecular formula is C11H24O2Pb. The van der Waals surface area contributed by atoms with Gasteiger partial charge in [-0.05, 0) is 0 Å². The maximum absolute atomic E-state index is 11.7. The monoisotopic (exact) mass is 396 g/mol. The molecule has 84 valence electrons. The fourth-order valence-corrected chi connectivity index (χ4v) is 4.32. The SMILES string of the molecule is CCCCC(CC)C(=O)[O][Pb]([CH3])([CH3])[CH3]. The average Bonchev–Trinajstić information content (AvgIpc) is 2.02. The summed E-state index contributed by atoms with van der Waals surface area (Å²) in [5.74, 6) is 0.212.